The van der Waals surface area contributed by atoms with Crippen molar-refractivity contribution in [1.82, 2.24) is 10.3 Å². The van der Waals surface area contributed by atoms with Gasteiger partial charge in [-0.1, -0.05) is 12.1 Å². The van der Waals surface area contributed by atoms with Crippen LogP contribution in [0.3, 0.4) is 0 Å². The summed E-state index contributed by atoms with van der Waals surface area (Å²) >= 11 is 2.93. The van der Waals surface area contributed by atoms with Crippen LogP contribution < -0.4 is 15.4 Å². The smallest absolute Gasteiger partial charge is 0.407 e. The summed E-state index contributed by atoms with van der Waals surface area (Å²) in [6, 6.07) is 9.87. The van der Waals surface area contributed by atoms with E-state index in [9.17, 15) is 14.9 Å². The van der Waals surface area contributed by atoms with Crippen LogP contribution in [-0.4, -0.2) is 30.2 Å². The molecule has 0 radical (unpaired) electrons. The number of nitrogens with zero attached hydrogens (tertiary/aromatic N) is 2. The van der Waals surface area contributed by atoms with Crippen LogP contribution in [0.15, 0.2) is 29.6 Å². The summed E-state index contributed by atoms with van der Waals surface area (Å²) in [5.41, 5.74) is 3.27. The number of aromatic nitrogens is 1. The van der Waals surface area contributed by atoms with E-state index in [4.69, 9.17) is 9.47 Å². The van der Waals surface area contributed by atoms with Gasteiger partial charge in [0, 0.05) is 23.1 Å². The zero-order valence-electron chi connectivity index (χ0n) is 19.6. The molecule has 0 saturated heterocycles. The number of fused-ring (bicyclic) bond motifs is 1. The number of carbonyl (C=O) groups excluding carboxylic acids is 2. The molecule has 0 saturated carbocycles. The van der Waals surface area contributed by atoms with Gasteiger partial charge in [0.25, 0.3) is 0 Å². The molecule has 8 nitrogen and oxygen atoms in total. The van der Waals surface area contributed by atoms with E-state index in [1.807, 2.05) is 36.6 Å². The van der Waals surface area contributed by atoms with Gasteiger partial charge in [-0.3, -0.25) is 4.79 Å². The molecule has 1 atom stereocenters. The number of aryl methyl sites for hydroxylation is 2. The maximum Gasteiger partial charge on any atom is 0.407 e. The highest BCUT2D eigenvalue weighted by Gasteiger charge is 2.28. The zero-order valence-corrected chi connectivity index (χ0v) is 21.2. The Bertz CT molecular complexity index is 1260. The number of anilines is 1. The van der Waals surface area contributed by atoms with Crippen molar-refractivity contribution in [2.75, 3.05) is 12.4 Å². The van der Waals surface area contributed by atoms with E-state index in [0.29, 0.717) is 49.2 Å². The minimum Gasteiger partial charge on any atom is -0.497 e. The Balaban J connectivity index is 1.32. The fraction of sp³-hybridized carbons (Fsp3) is 0.360. The van der Waals surface area contributed by atoms with Gasteiger partial charge in [0.2, 0.25) is 5.91 Å². The number of methoxy groups -OCH3 is 1. The molecule has 10 heteroatoms. The van der Waals surface area contributed by atoms with Gasteiger partial charge in [0.05, 0.1) is 29.9 Å². The number of thiazole rings is 1. The van der Waals surface area contributed by atoms with Crippen molar-refractivity contribution in [2.24, 2.45) is 0 Å². The van der Waals surface area contributed by atoms with Crippen molar-refractivity contribution in [3.8, 4) is 11.8 Å². The first-order chi connectivity index (χ1) is 16.9. The standard InChI is InChI=1S/C25H26N4O4S2/c1-15-28-17(14-34-15)13-27-25(31)33-19-7-8-20-21(12-26)24(35-22(20)11-19)29-23(30)9-6-16-4-3-5-18(10-16)32-2/h3-5,10,14,19H,6-9,11,13H2,1-2H3,(H,27,31)(H,29,30). The molecule has 0 fully saturated rings. The largest absolute Gasteiger partial charge is 0.497 e. The van der Waals surface area contributed by atoms with Crippen LogP contribution >= 0.6 is 22.7 Å². The Morgan fingerprint density at radius 3 is 2.94 bits per heavy atom. The van der Waals surface area contributed by atoms with Crippen molar-refractivity contribution in [3.63, 3.8) is 0 Å². The van der Waals surface area contributed by atoms with Gasteiger partial charge in [-0.2, -0.15) is 5.26 Å². The van der Waals surface area contributed by atoms with E-state index < -0.39 is 6.09 Å². The SMILES string of the molecule is COc1cccc(CCC(=O)Nc2sc3c(c2C#N)CCC(OC(=O)NCc2csc(C)n2)C3)c1. The molecule has 2 N–H and O–H groups in total. The lowest BCUT2D eigenvalue weighted by molar-refractivity contribution is -0.116. The average molecular weight is 511 g/mol. The number of nitriles is 1. The Morgan fingerprint density at radius 2 is 2.20 bits per heavy atom. The topological polar surface area (TPSA) is 113 Å². The first kappa shape index (κ1) is 24.7. The van der Waals surface area contributed by atoms with Crippen molar-refractivity contribution >= 4 is 39.7 Å². The van der Waals surface area contributed by atoms with Gasteiger partial charge in [0.1, 0.15) is 22.9 Å². The number of alkyl carbamates (subject to hydrolysis) is 1. The molecule has 35 heavy (non-hydrogen) atoms. The first-order valence-corrected chi connectivity index (χ1v) is 13.0. The molecule has 1 aromatic carbocycles. The lowest BCUT2D eigenvalue weighted by Gasteiger charge is -2.22. The van der Waals surface area contributed by atoms with Crippen molar-refractivity contribution in [3.05, 3.63) is 61.9 Å². The van der Waals surface area contributed by atoms with Gasteiger partial charge in [0.15, 0.2) is 0 Å². The van der Waals surface area contributed by atoms with E-state index in [1.54, 1.807) is 7.11 Å². The molecule has 182 valence electrons. The molecule has 4 rings (SSSR count). The maximum atomic E-state index is 12.6. The van der Waals surface area contributed by atoms with Crippen molar-refractivity contribution in [2.45, 2.75) is 51.7 Å². The molecule has 0 spiro atoms. The summed E-state index contributed by atoms with van der Waals surface area (Å²) in [6.07, 6.45) is 1.89. The van der Waals surface area contributed by atoms with E-state index in [0.717, 1.165) is 32.5 Å². The molecule has 2 aromatic heterocycles. The molecular weight excluding hydrogens is 484 g/mol. The number of rotatable bonds is 8. The Hall–Kier alpha value is -3.42. The monoisotopic (exact) mass is 510 g/mol. The minimum atomic E-state index is -0.479. The third-order valence-corrected chi connectivity index (χ3v) is 7.71. The van der Waals surface area contributed by atoms with Crippen LogP contribution in [0.25, 0.3) is 0 Å². The zero-order chi connectivity index (χ0) is 24.8. The number of hydrogen-bond acceptors (Lipinski definition) is 8. The highest BCUT2D eigenvalue weighted by Crippen LogP contribution is 2.38. The molecule has 3 aromatic rings. The lowest BCUT2D eigenvalue weighted by atomic mass is 9.94. The number of ether oxygens (including phenoxy) is 2. The molecule has 2 amide bonds. The second-order valence-electron chi connectivity index (χ2n) is 8.20. The number of hydrogen-bond donors (Lipinski definition) is 2. The van der Waals surface area contributed by atoms with Crippen molar-refractivity contribution < 1.29 is 19.1 Å². The molecule has 0 bridgehead atoms. The summed E-state index contributed by atoms with van der Waals surface area (Å²) < 4.78 is 10.8. The Morgan fingerprint density at radius 1 is 1.34 bits per heavy atom. The average Bonchev–Trinajstić information content (AvgIpc) is 3.43. The summed E-state index contributed by atoms with van der Waals surface area (Å²) in [5.74, 6) is 0.608. The van der Waals surface area contributed by atoms with Crippen LogP contribution in [0.1, 0.15) is 45.1 Å². The first-order valence-electron chi connectivity index (χ1n) is 11.3. The quantitative estimate of drug-likeness (QED) is 0.452. The molecule has 1 aliphatic rings. The van der Waals surface area contributed by atoms with E-state index >= 15 is 0 Å². The van der Waals surface area contributed by atoms with Gasteiger partial charge in [-0.15, -0.1) is 22.7 Å². The third kappa shape index (κ3) is 6.38. The fourth-order valence-corrected chi connectivity index (χ4v) is 5.87. The van der Waals surface area contributed by atoms with Gasteiger partial charge in [-0.25, -0.2) is 9.78 Å². The van der Waals surface area contributed by atoms with Crippen LogP contribution in [0.2, 0.25) is 0 Å². The normalized spacial score (nSPS) is 14.5. The lowest BCUT2D eigenvalue weighted by Crippen LogP contribution is -2.31. The summed E-state index contributed by atoms with van der Waals surface area (Å²) in [7, 11) is 1.61. The number of amides is 2. The van der Waals surface area contributed by atoms with Crippen LogP contribution in [0, 0.1) is 18.3 Å². The number of nitrogens with one attached hydrogen (secondary N) is 2. The third-order valence-electron chi connectivity index (χ3n) is 5.71. The van der Waals surface area contributed by atoms with E-state index in [2.05, 4.69) is 21.7 Å². The van der Waals surface area contributed by atoms with Crippen LogP contribution in [0.5, 0.6) is 5.75 Å². The second kappa shape index (κ2) is 11.3. The van der Waals surface area contributed by atoms with Gasteiger partial charge >= 0.3 is 6.09 Å². The minimum absolute atomic E-state index is 0.146. The van der Waals surface area contributed by atoms with Gasteiger partial charge < -0.3 is 20.1 Å². The second-order valence-corrected chi connectivity index (χ2v) is 10.4. The predicted molar refractivity (Wildman–Crippen MR) is 135 cm³/mol. The molecule has 1 aliphatic carbocycles. The predicted octanol–water partition coefficient (Wildman–Crippen LogP) is 4.75. The summed E-state index contributed by atoms with van der Waals surface area (Å²) in [5, 5.41) is 18.8. The number of carbonyl (C=O) groups is 2. The van der Waals surface area contributed by atoms with Crippen molar-refractivity contribution in [1.29, 1.82) is 5.26 Å². The molecular formula is C25H26N4O4S2. The Labute approximate surface area is 211 Å². The Kier molecular flexibility index (Phi) is 8.00. The summed E-state index contributed by atoms with van der Waals surface area (Å²) in [4.78, 5) is 30.1. The maximum absolute atomic E-state index is 12.6. The molecule has 1 unspecified atom stereocenters. The van der Waals surface area contributed by atoms with E-state index in [-0.39, 0.29) is 12.0 Å². The highest BCUT2D eigenvalue weighted by molar-refractivity contribution is 7.16. The number of benzene rings is 1. The van der Waals surface area contributed by atoms with Crippen LogP contribution in [0.4, 0.5) is 9.80 Å². The van der Waals surface area contributed by atoms with E-state index in [1.165, 1.54) is 22.7 Å². The highest BCUT2D eigenvalue weighted by atomic mass is 32.1. The summed E-state index contributed by atoms with van der Waals surface area (Å²) in [6.45, 7) is 2.24. The van der Waals surface area contributed by atoms with Crippen LogP contribution in [-0.2, 0) is 35.3 Å². The fourth-order valence-electron chi connectivity index (χ4n) is 3.98. The molecule has 0 aliphatic heterocycles. The van der Waals surface area contributed by atoms with Gasteiger partial charge in [-0.05, 0) is 49.4 Å². The number of thiophene rings is 1. The molecule has 2 heterocycles.